The Morgan fingerprint density at radius 2 is 2.00 bits per heavy atom. The summed E-state index contributed by atoms with van der Waals surface area (Å²) in [6, 6.07) is 8.04. The molecule has 0 saturated carbocycles. The Hall–Kier alpha value is -1.32. The van der Waals surface area contributed by atoms with Gasteiger partial charge in [-0.3, -0.25) is 4.98 Å². The molecule has 3 nitrogen and oxygen atoms in total. The lowest BCUT2D eigenvalue weighted by molar-refractivity contribution is 0.227. The van der Waals surface area contributed by atoms with Gasteiger partial charge < -0.3 is 9.80 Å². The molecule has 1 aliphatic heterocycles. The van der Waals surface area contributed by atoms with Crippen LogP contribution in [-0.4, -0.2) is 43.1 Å². The molecule has 22 heavy (non-hydrogen) atoms. The second-order valence-corrected chi connectivity index (χ2v) is 6.61. The van der Waals surface area contributed by atoms with Crippen LogP contribution in [0.15, 0.2) is 30.5 Å². The normalized spacial score (nSPS) is 16.1. The number of nitrogens with zero attached hydrogens (tertiary/aromatic N) is 3. The maximum Gasteiger partial charge on any atom is 0.0737 e. The van der Waals surface area contributed by atoms with E-state index >= 15 is 0 Å². The maximum absolute atomic E-state index is 6.06. The van der Waals surface area contributed by atoms with Crippen molar-refractivity contribution in [1.82, 2.24) is 9.88 Å². The van der Waals surface area contributed by atoms with E-state index in [4.69, 9.17) is 11.6 Å². The molecule has 4 heteroatoms. The number of hydrogen-bond acceptors (Lipinski definition) is 3. The third-order valence-electron chi connectivity index (χ3n) is 4.51. The molecule has 0 amide bonds. The van der Waals surface area contributed by atoms with Gasteiger partial charge in [-0.15, -0.1) is 0 Å². The first-order valence-electron chi connectivity index (χ1n) is 8.22. The Morgan fingerprint density at radius 1 is 1.18 bits per heavy atom. The van der Waals surface area contributed by atoms with Gasteiger partial charge >= 0.3 is 0 Å². The van der Waals surface area contributed by atoms with Crippen molar-refractivity contribution in [1.29, 1.82) is 0 Å². The summed E-state index contributed by atoms with van der Waals surface area (Å²) in [5.74, 6) is 0. The average molecular weight is 318 g/mol. The second kappa shape index (κ2) is 7.30. The van der Waals surface area contributed by atoms with Crippen LogP contribution in [0.1, 0.15) is 25.7 Å². The Kier molecular flexibility index (Phi) is 5.16. The number of benzene rings is 1. The SMILES string of the molecule is CN(CCCN1CCCCC1)c1ccnc2cc(Cl)ccc12. The standard InChI is InChI=1S/C18H24ClN3/c1-21(10-5-13-22-11-3-2-4-12-22)18-8-9-20-17-14-15(19)6-7-16(17)18/h6-9,14H,2-5,10-13H2,1H3. The van der Waals surface area contributed by atoms with Crippen LogP contribution in [0, 0.1) is 0 Å². The molecule has 0 radical (unpaired) electrons. The number of anilines is 1. The molecule has 0 atom stereocenters. The number of likely N-dealkylation sites (tertiary alicyclic amines) is 1. The first-order valence-corrected chi connectivity index (χ1v) is 8.59. The summed E-state index contributed by atoms with van der Waals surface area (Å²) in [6.45, 7) is 4.83. The van der Waals surface area contributed by atoms with Crippen molar-refractivity contribution in [3.63, 3.8) is 0 Å². The minimum absolute atomic E-state index is 0.741. The molecule has 0 bridgehead atoms. The Bertz CT molecular complexity index is 623. The van der Waals surface area contributed by atoms with Gasteiger partial charge in [0.05, 0.1) is 5.52 Å². The van der Waals surface area contributed by atoms with Crippen LogP contribution in [0.2, 0.25) is 5.02 Å². The van der Waals surface area contributed by atoms with E-state index in [-0.39, 0.29) is 0 Å². The van der Waals surface area contributed by atoms with E-state index in [1.807, 2.05) is 18.3 Å². The minimum Gasteiger partial charge on any atom is -0.374 e. The molecule has 1 saturated heterocycles. The quantitative estimate of drug-likeness (QED) is 0.824. The highest BCUT2D eigenvalue weighted by Crippen LogP contribution is 2.26. The van der Waals surface area contributed by atoms with Gasteiger partial charge in [0, 0.05) is 35.9 Å². The zero-order valence-electron chi connectivity index (χ0n) is 13.3. The molecule has 1 aromatic heterocycles. The zero-order chi connectivity index (χ0) is 15.4. The third-order valence-corrected chi connectivity index (χ3v) is 4.74. The summed E-state index contributed by atoms with van der Waals surface area (Å²) < 4.78 is 0. The van der Waals surface area contributed by atoms with Crippen molar-refractivity contribution in [2.45, 2.75) is 25.7 Å². The van der Waals surface area contributed by atoms with Crippen molar-refractivity contribution >= 4 is 28.2 Å². The number of hydrogen-bond donors (Lipinski definition) is 0. The molecular weight excluding hydrogens is 294 g/mol. The third kappa shape index (κ3) is 3.71. The number of aromatic nitrogens is 1. The van der Waals surface area contributed by atoms with Gasteiger partial charge in [0.15, 0.2) is 0 Å². The van der Waals surface area contributed by atoms with Crippen LogP contribution < -0.4 is 4.90 Å². The van der Waals surface area contributed by atoms with Gasteiger partial charge in [-0.1, -0.05) is 18.0 Å². The first-order chi connectivity index (χ1) is 10.7. The smallest absolute Gasteiger partial charge is 0.0737 e. The van der Waals surface area contributed by atoms with Gasteiger partial charge in [0.2, 0.25) is 0 Å². The summed E-state index contributed by atoms with van der Waals surface area (Å²) >= 11 is 6.06. The van der Waals surface area contributed by atoms with E-state index in [0.717, 1.165) is 17.1 Å². The Labute approximate surface area is 137 Å². The molecule has 0 aliphatic carbocycles. The predicted octanol–water partition coefficient (Wildman–Crippen LogP) is 4.20. The maximum atomic E-state index is 6.06. The van der Waals surface area contributed by atoms with Crippen LogP contribution in [0.3, 0.4) is 0 Å². The van der Waals surface area contributed by atoms with Gasteiger partial charge in [0.25, 0.3) is 0 Å². The molecule has 118 valence electrons. The van der Waals surface area contributed by atoms with Gasteiger partial charge in [-0.05, 0) is 63.2 Å². The first kappa shape index (κ1) is 15.6. The van der Waals surface area contributed by atoms with Crippen LogP contribution in [0.5, 0.6) is 0 Å². The highest BCUT2D eigenvalue weighted by atomic mass is 35.5. The molecule has 1 fully saturated rings. The lowest BCUT2D eigenvalue weighted by atomic mass is 10.1. The summed E-state index contributed by atoms with van der Waals surface area (Å²) in [5.41, 5.74) is 2.20. The number of halogens is 1. The molecule has 1 aliphatic rings. The summed E-state index contributed by atoms with van der Waals surface area (Å²) in [6.07, 6.45) is 7.21. The van der Waals surface area contributed by atoms with Crippen molar-refractivity contribution < 1.29 is 0 Å². The topological polar surface area (TPSA) is 19.4 Å². The molecule has 2 heterocycles. The molecule has 1 aromatic carbocycles. The van der Waals surface area contributed by atoms with Gasteiger partial charge in [-0.25, -0.2) is 0 Å². The number of pyridine rings is 1. The molecule has 3 rings (SSSR count). The van der Waals surface area contributed by atoms with E-state index in [9.17, 15) is 0 Å². The molecular formula is C18H24ClN3. The average Bonchev–Trinajstić information content (AvgIpc) is 2.55. The Balaban J connectivity index is 1.63. The fraction of sp³-hybridized carbons (Fsp3) is 0.500. The largest absolute Gasteiger partial charge is 0.374 e. The minimum atomic E-state index is 0.741. The second-order valence-electron chi connectivity index (χ2n) is 6.17. The van der Waals surface area contributed by atoms with Crippen LogP contribution in [-0.2, 0) is 0 Å². The highest BCUT2D eigenvalue weighted by molar-refractivity contribution is 6.31. The summed E-state index contributed by atoms with van der Waals surface area (Å²) in [5, 5.41) is 1.91. The predicted molar refractivity (Wildman–Crippen MR) is 94.9 cm³/mol. The molecule has 0 N–H and O–H groups in total. The van der Waals surface area contributed by atoms with Crippen molar-refractivity contribution in [3.8, 4) is 0 Å². The van der Waals surface area contributed by atoms with Crippen molar-refractivity contribution in [2.24, 2.45) is 0 Å². The van der Waals surface area contributed by atoms with Crippen LogP contribution in [0.4, 0.5) is 5.69 Å². The summed E-state index contributed by atoms with van der Waals surface area (Å²) in [7, 11) is 2.17. The van der Waals surface area contributed by atoms with E-state index in [1.165, 1.54) is 56.4 Å². The lowest BCUT2D eigenvalue weighted by Crippen LogP contribution is -2.32. The van der Waals surface area contributed by atoms with Gasteiger partial charge in [0.1, 0.15) is 0 Å². The monoisotopic (exact) mass is 317 g/mol. The molecule has 2 aromatic rings. The van der Waals surface area contributed by atoms with Gasteiger partial charge in [-0.2, -0.15) is 0 Å². The van der Waals surface area contributed by atoms with Crippen LogP contribution in [0.25, 0.3) is 10.9 Å². The fourth-order valence-corrected chi connectivity index (χ4v) is 3.44. The Morgan fingerprint density at radius 3 is 2.82 bits per heavy atom. The van der Waals surface area contributed by atoms with Crippen molar-refractivity contribution in [2.75, 3.05) is 38.1 Å². The molecule has 0 unspecified atom stereocenters. The fourth-order valence-electron chi connectivity index (χ4n) is 3.27. The van der Waals surface area contributed by atoms with E-state index < -0.39 is 0 Å². The summed E-state index contributed by atoms with van der Waals surface area (Å²) in [4.78, 5) is 9.35. The van der Waals surface area contributed by atoms with E-state index in [0.29, 0.717) is 0 Å². The molecule has 0 spiro atoms. The zero-order valence-corrected chi connectivity index (χ0v) is 14.0. The van der Waals surface area contributed by atoms with E-state index in [1.54, 1.807) is 0 Å². The lowest BCUT2D eigenvalue weighted by Gasteiger charge is -2.28. The number of fused-ring (bicyclic) bond motifs is 1. The highest BCUT2D eigenvalue weighted by Gasteiger charge is 2.11. The number of rotatable bonds is 5. The van der Waals surface area contributed by atoms with Crippen LogP contribution >= 0.6 is 11.6 Å². The van der Waals surface area contributed by atoms with E-state index in [2.05, 4.69) is 34.0 Å². The number of piperidine rings is 1. The van der Waals surface area contributed by atoms with Crippen molar-refractivity contribution in [3.05, 3.63) is 35.5 Å².